The van der Waals surface area contributed by atoms with Gasteiger partial charge in [-0.25, -0.2) is 0 Å². The number of hydrogen-bond donors (Lipinski definition) is 6. The van der Waals surface area contributed by atoms with Crippen LogP contribution in [0.15, 0.2) is 0 Å². The Morgan fingerprint density at radius 1 is 0.710 bits per heavy atom. The second-order valence-corrected chi connectivity index (χ2v) is 11.2. The van der Waals surface area contributed by atoms with Crippen LogP contribution in [0.4, 0.5) is 0 Å². The van der Waals surface area contributed by atoms with Crippen LogP contribution < -0.4 is 31.9 Å². The Bertz CT molecular complexity index is 437. The van der Waals surface area contributed by atoms with E-state index in [-0.39, 0.29) is 13.1 Å². The van der Waals surface area contributed by atoms with Crippen LogP contribution in [0.2, 0.25) is 0 Å². The van der Waals surface area contributed by atoms with Crippen LogP contribution in [0.25, 0.3) is 0 Å². The quantitative estimate of drug-likeness (QED) is 0.253. The van der Waals surface area contributed by atoms with Crippen LogP contribution in [0.1, 0.15) is 64.2 Å². The first-order valence-corrected chi connectivity index (χ1v) is 15.7. The van der Waals surface area contributed by atoms with Crippen LogP contribution in [0.5, 0.6) is 0 Å². The minimum atomic E-state index is 0.00694. The van der Waals surface area contributed by atoms with E-state index in [9.17, 15) is 0 Å². The van der Waals surface area contributed by atoms with Crippen molar-refractivity contribution >= 4 is 20.2 Å². The third-order valence-electron chi connectivity index (χ3n) is 7.04. The molecular weight excluding hydrogens is 474 g/mol. The van der Waals surface area contributed by atoms with Crippen molar-refractivity contribution in [2.45, 2.75) is 94.4 Å². The van der Waals surface area contributed by atoms with Gasteiger partial charge in [-0.15, -0.1) is 0 Å². The van der Waals surface area contributed by atoms with E-state index in [1.54, 1.807) is 0 Å². The second kappa shape index (κ2) is 18.2. The van der Waals surface area contributed by atoms with Crippen LogP contribution in [-0.2, 0) is 13.1 Å². The molecule has 185 valence electrons. The first-order valence-electron chi connectivity index (χ1n) is 12.5. The fourth-order valence-corrected chi connectivity index (χ4v) is 5.38. The summed E-state index contributed by atoms with van der Waals surface area (Å²) in [7, 11) is 11.6. The van der Waals surface area contributed by atoms with Crippen molar-refractivity contribution in [1.29, 1.82) is 0 Å². The van der Waals surface area contributed by atoms with E-state index in [0.29, 0.717) is 30.2 Å². The average molecular weight is 520 g/mol. The molecule has 0 radical (unpaired) electrons. The molecule has 0 amide bonds. The van der Waals surface area contributed by atoms with Gasteiger partial charge in [0, 0.05) is 62.9 Å². The molecule has 3 aliphatic rings. The molecule has 0 aromatic heterocycles. The number of rotatable bonds is 4. The average Bonchev–Trinajstić information content (AvgIpc) is 2.79. The molecule has 3 fully saturated rings. The molecule has 31 heavy (non-hydrogen) atoms. The van der Waals surface area contributed by atoms with Gasteiger partial charge in [0.1, 0.15) is 0 Å². The Labute approximate surface area is 205 Å². The van der Waals surface area contributed by atoms with Gasteiger partial charge < -0.3 is 31.9 Å². The molecular formula is C22H46Cl2MnN6. The molecule has 2 aliphatic carbocycles. The van der Waals surface area contributed by atoms with Gasteiger partial charge >= 0.3 is 33.3 Å². The van der Waals surface area contributed by atoms with Crippen molar-refractivity contribution in [3.63, 3.8) is 0 Å². The topological polar surface area (TPSA) is 72.2 Å². The van der Waals surface area contributed by atoms with E-state index in [2.05, 4.69) is 38.9 Å². The fraction of sp³-hybridized carbons (Fsp3) is 1.00. The van der Waals surface area contributed by atoms with E-state index >= 15 is 0 Å². The molecule has 1 aliphatic heterocycles. The maximum atomic E-state index is 4.80. The summed E-state index contributed by atoms with van der Waals surface area (Å²) in [5, 5.41) is 22.7. The van der Waals surface area contributed by atoms with Gasteiger partial charge in [-0.3, -0.25) is 0 Å². The summed E-state index contributed by atoms with van der Waals surface area (Å²) in [5.41, 5.74) is 0. The van der Waals surface area contributed by atoms with E-state index in [0.717, 1.165) is 39.3 Å². The molecule has 1 saturated heterocycles. The van der Waals surface area contributed by atoms with Crippen LogP contribution in [-0.4, -0.2) is 76.5 Å². The van der Waals surface area contributed by atoms with Crippen LogP contribution in [0, 0.1) is 0 Å². The zero-order valence-electron chi connectivity index (χ0n) is 19.3. The zero-order chi connectivity index (χ0) is 22.2. The van der Waals surface area contributed by atoms with Gasteiger partial charge in [0.2, 0.25) is 0 Å². The Balaban J connectivity index is 0.00000107. The third-order valence-corrected chi connectivity index (χ3v) is 7.04. The summed E-state index contributed by atoms with van der Waals surface area (Å²) >= 11 is 0.00694. The van der Waals surface area contributed by atoms with Crippen LogP contribution in [0.3, 0.4) is 0 Å². The van der Waals surface area contributed by atoms with Gasteiger partial charge in [-0.2, -0.15) is 0 Å². The van der Waals surface area contributed by atoms with E-state index in [1.165, 1.54) is 64.2 Å². The normalized spacial score (nSPS) is 33.6. The van der Waals surface area contributed by atoms with Gasteiger partial charge in [0.05, 0.1) is 0 Å². The molecule has 0 bridgehead atoms. The first-order chi connectivity index (χ1) is 15.3. The Morgan fingerprint density at radius 2 is 1.13 bits per heavy atom. The van der Waals surface area contributed by atoms with Gasteiger partial charge in [-0.05, 0) is 52.1 Å². The molecule has 1 heterocycles. The van der Waals surface area contributed by atoms with Gasteiger partial charge in [0.15, 0.2) is 0 Å². The van der Waals surface area contributed by atoms with E-state index < -0.39 is 0 Å². The van der Waals surface area contributed by atoms with Crippen molar-refractivity contribution < 1.29 is 13.1 Å². The van der Waals surface area contributed by atoms with Crippen molar-refractivity contribution in [3.8, 4) is 0 Å². The molecule has 0 aromatic carbocycles. The van der Waals surface area contributed by atoms with Crippen molar-refractivity contribution in [3.05, 3.63) is 0 Å². The monoisotopic (exact) mass is 519 g/mol. The van der Waals surface area contributed by atoms with Gasteiger partial charge in [-0.1, -0.05) is 25.7 Å². The predicted octanol–water partition coefficient (Wildman–Crippen LogP) is 2.32. The number of hydrogen-bond acceptors (Lipinski definition) is 6. The Kier molecular flexibility index (Phi) is 16.5. The summed E-state index contributed by atoms with van der Waals surface area (Å²) in [4.78, 5) is 0. The standard InChI is InChI=1S/C22H46N6.2ClH.Mn/c1-23-12-6-7-18-17-28-22-11-5-4-10-21(22)27-16-15-26-20-9-3-2-8-19(20)25-14-13-24-18;;;/h18-28H,2-17H2,1H3;2*1H;/q;;;+2/p-2/t18-,19?,20?,21?,22?;;;/m0.../s1. The van der Waals surface area contributed by atoms with Gasteiger partial charge in [0.25, 0.3) is 0 Å². The maximum absolute atomic E-state index is 4.80. The van der Waals surface area contributed by atoms with E-state index in [1.807, 2.05) is 0 Å². The summed E-state index contributed by atoms with van der Waals surface area (Å²) in [6.45, 7) is 6.54. The molecule has 9 heteroatoms. The van der Waals surface area contributed by atoms with Crippen molar-refractivity contribution in [2.24, 2.45) is 0 Å². The summed E-state index contributed by atoms with van der Waals surface area (Å²) in [5.74, 6) is 0. The molecule has 0 aromatic rings. The molecule has 5 atom stereocenters. The molecule has 6 N–H and O–H groups in total. The van der Waals surface area contributed by atoms with Crippen molar-refractivity contribution in [2.75, 3.05) is 46.3 Å². The molecule has 2 saturated carbocycles. The summed E-state index contributed by atoms with van der Waals surface area (Å²) in [6.07, 6.45) is 13.3. The predicted molar refractivity (Wildman–Crippen MR) is 131 cm³/mol. The molecule has 3 rings (SSSR count). The number of halogens is 2. The first kappa shape index (κ1) is 28.1. The third kappa shape index (κ3) is 11.7. The van der Waals surface area contributed by atoms with Crippen LogP contribution >= 0.6 is 20.2 Å². The molecule has 0 spiro atoms. The summed E-state index contributed by atoms with van der Waals surface area (Å²) in [6, 6.07) is 3.13. The Hall–Kier alpha value is 0.859. The fourth-order valence-electron chi connectivity index (χ4n) is 5.38. The number of nitrogens with one attached hydrogen (secondary N) is 6. The molecule has 4 unspecified atom stereocenters. The SMILES string of the molecule is CNCCC[C@H]1CNC2CCCCC2NCCNC2CCCCC2NCCN1.[Cl][Mn][Cl]. The zero-order valence-corrected chi connectivity index (χ0v) is 22.0. The summed E-state index contributed by atoms with van der Waals surface area (Å²) < 4.78 is 0. The second-order valence-electron chi connectivity index (χ2n) is 9.22. The van der Waals surface area contributed by atoms with E-state index in [4.69, 9.17) is 20.2 Å². The minimum absolute atomic E-state index is 0.00694. The Morgan fingerprint density at radius 3 is 1.58 bits per heavy atom. The number of fused-ring (bicyclic) bond motifs is 2. The molecule has 6 nitrogen and oxygen atoms in total. The van der Waals surface area contributed by atoms with Crippen molar-refractivity contribution in [1.82, 2.24) is 31.9 Å².